The van der Waals surface area contributed by atoms with E-state index in [2.05, 4.69) is 15.4 Å². The number of pyridine rings is 1. The van der Waals surface area contributed by atoms with Crippen LogP contribution in [0.15, 0.2) is 53.3 Å². The highest BCUT2D eigenvalue weighted by Crippen LogP contribution is 2.31. The van der Waals surface area contributed by atoms with Gasteiger partial charge in [0.25, 0.3) is 5.56 Å². The number of amides is 2. The third-order valence-electron chi connectivity index (χ3n) is 5.59. The minimum atomic E-state index is -4.93. The second-order valence-electron chi connectivity index (χ2n) is 8.42. The Labute approximate surface area is 220 Å². The lowest BCUT2D eigenvalue weighted by Gasteiger charge is -2.20. The van der Waals surface area contributed by atoms with Crippen molar-refractivity contribution in [2.45, 2.75) is 32.7 Å². The molecule has 1 aromatic heterocycles. The van der Waals surface area contributed by atoms with Gasteiger partial charge in [-0.2, -0.15) is 0 Å². The highest BCUT2D eigenvalue weighted by Gasteiger charge is 2.31. The molecule has 3 rings (SSSR count). The number of anilines is 1. The highest BCUT2D eigenvalue weighted by atomic mass is 19.4. The van der Waals surface area contributed by atoms with Crippen LogP contribution in [0, 0.1) is 12.7 Å². The van der Waals surface area contributed by atoms with Crippen molar-refractivity contribution in [1.82, 2.24) is 9.88 Å². The summed E-state index contributed by atoms with van der Waals surface area (Å²) in [6.45, 7) is 3.18. The van der Waals surface area contributed by atoms with Gasteiger partial charge in [-0.25, -0.2) is 9.18 Å². The van der Waals surface area contributed by atoms with E-state index in [0.717, 1.165) is 24.3 Å². The topological polar surface area (TPSA) is 119 Å². The average Bonchev–Trinajstić information content (AvgIpc) is 2.84. The molecule has 13 heteroatoms. The first-order valence-corrected chi connectivity index (χ1v) is 11.6. The van der Waals surface area contributed by atoms with Gasteiger partial charge < -0.3 is 29.8 Å². The molecule has 0 saturated carbocycles. The number of aromatic hydroxyl groups is 1. The van der Waals surface area contributed by atoms with E-state index in [0.29, 0.717) is 5.69 Å². The Bertz CT molecular complexity index is 1440. The summed E-state index contributed by atoms with van der Waals surface area (Å²) < 4.78 is 62.7. The summed E-state index contributed by atoms with van der Waals surface area (Å²) in [4.78, 5) is 37.6. The van der Waals surface area contributed by atoms with Gasteiger partial charge in [0.05, 0.1) is 19.1 Å². The minimum absolute atomic E-state index is 0.0332. The number of rotatable bonds is 8. The fraction of sp³-hybridized carbons (Fsp3) is 0.269. The summed E-state index contributed by atoms with van der Waals surface area (Å²) in [5.74, 6) is -2.54. The van der Waals surface area contributed by atoms with Crippen molar-refractivity contribution in [2.24, 2.45) is 7.05 Å². The molecule has 0 aliphatic carbocycles. The molecule has 0 bridgehead atoms. The Morgan fingerprint density at radius 3 is 2.49 bits per heavy atom. The molecule has 3 aromatic rings. The fourth-order valence-electron chi connectivity index (χ4n) is 3.72. The largest absolute Gasteiger partial charge is 0.573 e. The van der Waals surface area contributed by atoms with E-state index >= 15 is 0 Å². The Balaban J connectivity index is 1.95. The number of alkyl halides is 3. The van der Waals surface area contributed by atoms with Gasteiger partial charge >= 0.3 is 18.4 Å². The molecule has 0 aliphatic heterocycles. The number of halogens is 4. The van der Waals surface area contributed by atoms with Crippen molar-refractivity contribution in [2.75, 3.05) is 11.9 Å². The summed E-state index contributed by atoms with van der Waals surface area (Å²) in [7, 11) is 1.44. The first kappa shape index (κ1) is 29.0. The second kappa shape index (κ2) is 11.9. The number of nitrogens with zero attached hydrogens (tertiary/aromatic N) is 1. The number of esters is 1. The molecule has 1 heterocycles. The quantitative estimate of drug-likeness (QED) is 0.270. The molecule has 9 nitrogen and oxygen atoms in total. The summed E-state index contributed by atoms with van der Waals surface area (Å²) in [5, 5.41) is 14.8. The van der Waals surface area contributed by atoms with E-state index in [1.807, 2.05) is 0 Å². The lowest BCUT2D eigenvalue weighted by molar-refractivity contribution is -0.274. The molecule has 0 unspecified atom stereocenters. The number of aryl methyl sites for hydroxylation is 1. The molecule has 1 atom stereocenters. The van der Waals surface area contributed by atoms with Gasteiger partial charge in [0.15, 0.2) is 5.69 Å². The van der Waals surface area contributed by atoms with Crippen molar-refractivity contribution in [3.63, 3.8) is 0 Å². The highest BCUT2D eigenvalue weighted by molar-refractivity contribution is 5.91. The van der Waals surface area contributed by atoms with Gasteiger partial charge in [-0.05, 0) is 60.9 Å². The standard InChI is InChI=1S/C26H25F4N3O6/c1-4-38-22(35)13-20(31-25(37)32-23-21(34)8-14(2)33(3)24(23)36)17-9-16(10-18(27)11-17)15-6-5-7-19(12-15)39-26(28,29)30/h5-12,20,34H,4,13H2,1-3H3,(H2,31,32,37)/t20-/m0/s1. The van der Waals surface area contributed by atoms with Gasteiger partial charge in [-0.1, -0.05) is 12.1 Å². The molecule has 2 amide bonds. The SMILES string of the molecule is CCOC(=O)C[C@H](NC(=O)Nc1c(O)cc(C)n(C)c1=O)c1cc(F)cc(-c2cccc(OC(F)(F)F)c2)c1. The molecule has 0 fully saturated rings. The molecule has 2 aromatic carbocycles. The zero-order chi connectivity index (χ0) is 28.9. The smallest absolute Gasteiger partial charge is 0.505 e. The molecular formula is C26H25F4N3O6. The molecule has 0 spiro atoms. The maximum atomic E-state index is 14.7. The molecule has 208 valence electrons. The minimum Gasteiger partial charge on any atom is -0.505 e. The summed E-state index contributed by atoms with van der Waals surface area (Å²) in [6.07, 6.45) is -5.38. The predicted molar refractivity (Wildman–Crippen MR) is 133 cm³/mol. The van der Waals surface area contributed by atoms with Crippen molar-refractivity contribution in [1.29, 1.82) is 0 Å². The molecule has 39 heavy (non-hydrogen) atoms. The number of aromatic nitrogens is 1. The summed E-state index contributed by atoms with van der Waals surface area (Å²) in [5.41, 5.74) is -0.295. The maximum absolute atomic E-state index is 14.7. The van der Waals surface area contributed by atoms with Crippen LogP contribution in [0.4, 0.5) is 28.0 Å². The number of hydrogen-bond donors (Lipinski definition) is 3. The number of carbonyl (C=O) groups excluding carboxylic acids is 2. The monoisotopic (exact) mass is 551 g/mol. The average molecular weight is 551 g/mol. The van der Waals surface area contributed by atoms with Gasteiger partial charge in [0.1, 0.15) is 17.3 Å². The summed E-state index contributed by atoms with van der Waals surface area (Å²) >= 11 is 0. The number of urea groups is 1. The van der Waals surface area contributed by atoms with Crippen molar-refractivity contribution < 1.29 is 41.7 Å². The maximum Gasteiger partial charge on any atom is 0.573 e. The Morgan fingerprint density at radius 1 is 1.10 bits per heavy atom. The van der Waals surface area contributed by atoms with Crippen LogP contribution in [0.25, 0.3) is 11.1 Å². The van der Waals surface area contributed by atoms with Crippen LogP contribution < -0.4 is 20.9 Å². The van der Waals surface area contributed by atoms with E-state index in [1.165, 1.54) is 35.9 Å². The van der Waals surface area contributed by atoms with Crippen LogP contribution in [0.2, 0.25) is 0 Å². The van der Waals surface area contributed by atoms with Crippen LogP contribution in [0.1, 0.15) is 30.6 Å². The number of carbonyl (C=O) groups is 2. The molecule has 0 saturated heterocycles. The Kier molecular flexibility index (Phi) is 8.84. The van der Waals surface area contributed by atoms with E-state index in [-0.39, 0.29) is 23.3 Å². The summed E-state index contributed by atoms with van der Waals surface area (Å²) in [6, 6.07) is 7.41. The van der Waals surface area contributed by atoms with Gasteiger partial charge in [0.2, 0.25) is 0 Å². The van der Waals surface area contributed by atoms with Crippen molar-refractivity contribution >= 4 is 17.7 Å². The van der Waals surface area contributed by atoms with Gasteiger partial charge in [-0.3, -0.25) is 9.59 Å². The number of ether oxygens (including phenoxy) is 2. The van der Waals surface area contributed by atoms with Crippen LogP contribution in [-0.4, -0.2) is 34.6 Å². The lowest BCUT2D eigenvalue weighted by atomic mass is 9.97. The van der Waals surface area contributed by atoms with Crippen molar-refractivity contribution in [3.8, 4) is 22.6 Å². The molecule has 0 radical (unpaired) electrons. The van der Waals surface area contributed by atoms with Crippen LogP contribution in [0.3, 0.4) is 0 Å². The normalized spacial score (nSPS) is 12.0. The zero-order valence-electron chi connectivity index (χ0n) is 21.1. The Hall–Kier alpha value is -4.55. The lowest BCUT2D eigenvalue weighted by Crippen LogP contribution is -2.36. The van der Waals surface area contributed by atoms with E-state index in [9.17, 15) is 37.1 Å². The van der Waals surface area contributed by atoms with E-state index in [4.69, 9.17) is 4.74 Å². The van der Waals surface area contributed by atoms with Crippen LogP contribution in [-0.2, 0) is 16.6 Å². The number of hydrogen-bond acceptors (Lipinski definition) is 6. The first-order chi connectivity index (χ1) is 18.3. The van der Waals surface area contributed by atoms with Crippen LogP contribution >= 0.6 is 0 Å². The zero-order valence-corrected chi connectivity index (χ0v) is 21.1. The van der Waals surface area contributed by atoms with E-state index < -0.39 is 59.4 Å². The molecule has 0 aliphatic rings. The predicted octanol–water partition coefficient (Wildman–Crippen LogP) is 4.92. The van der Waals surface area contributed by atoms with E-state index in [1.54, 1.807) is 13.8 Å². The molecular weight excluding hydrogens is 526 g/mol. The molecule has 3 N–H and O–H groups in total. The fourth-order valence-corrected chi connectivity index (χ4v) is 3.72. The number of benzene rings is 2. The number of nitrogens with one attached hydrogen (secondary N) is 2. The second-order valence-corrected chi connectivity index (χ2v) is 8.42. The third-order valence-corrected chi connectivity index (χ3v) is 5.59. The van der Waals surface area contributed by atoms with Gasteiger partial charge in [0, 0.05) is 18.8 Å². The van der Waals surface area contributed by atoms with Crippen molar-refractivity contribution in [3.05, 3.63) is 76.0 Å². The third kappa shape index (κ3) is 7.72. The first-order valence-electron chi connectivity index (χ1n) is 11.6. The van der Waals surface area contributed by atoms with Gasteiger partial charge in [-0.15, -0.1) is 13.2 Å². The van der Waals surface area contributed by atoms with Crippen LogP contribution in [0.5, 0.6) is 11.5 Å². The Morgan fingerprint density at radius 2 is 1.82 bits per heavy atom.